The Labute approximate surface area is 91.6 Å². The third kappa shape index (κ3) is 3.72. The molecule has 1 fully saturated rings. The Morgan fingerprint density at radius 1 is 1.47 bits per heavy atom. The van der Waals surface area contributed by atoms with Crippen LogP contribution in [0.4, 0.5) is 0 Å². The monoisotopic (exact) mass is 217 g/mol. The summed E-state index contributed by atoms with van der Waals surface area (Å²) in [4.78, 5) is 0. The smallest absolute Gasteiger partial charge is 0.0666 e. The molecule has 0 spiro atoms. The van der Waals surface area contributed by atoms with E-state index >= 15 is 0 Å². The lowest BCUT2D eigenvalue weighted by atomic mass is 9.89. The quantitative estimate of drug-likeness (QED) is 0.619. The molecule has 1 saturated heterocycles. The van der Waals surface area contributed by atoms with Crippen molar-refractivity contribution in [1.29, 1.82) is 0 Å². The summed E-state index contributed by atoms with van der Waals surface area (Å²) < 4.78 is 5.73. The first-order chi connectivity index (χ1) is 7.13. The van der Waals surface area contributed by atoms with E-state index in [4.69, 9.17) is 14.9 Å². The zero-order valence-electron chi connectivity index (χ0n) is 9.70. The predicted octanol–water partition coefficient (Wildman–Crippen LogP) is 0.277. The standard InChI is InChI=1S/C11H23NO3/c1-3-11(2)6-9(4-5-15-11)12-10(7-13)8-14/h9-10,12-14H,3-8H2,1-2H3. The Morgan fingerprint density at radius 2 is 2.13 bits per heavy atom. The highest BCUT2D eigenvalue weighted by molar-refractivity contribution is 4.87. The molecular formula is C11H23NO3. The number of aliphatic hydroxyl groups excluding tert-OH is 2. The third-order valence-electron chi connectivity index (χ3n) is 3.26. The first kappa shape index (κ1) is 12.9. The number of hydrogen-bond acceptors (Lipinski definition) is 4. The average Bonchev–Trinajstić information content (AvgIpc) is 2.26. The number of aliphatic hydroxyl groups is 2. The number of rotatable bonds is 5. The highest BCUT2D eigenvalue weighted by Crippen LogP contribution is 2.27. The van der Waals surface area contributed by atoms with Crippen LogP contribution in [0.5, 0.6) is 0 Å². The van der Waals surface area contributed by atoms with Gasteiger partial charge in [0.05, 0.1) is 24.9 Å². The molecule has 90 valence electrons. The first-order valence-electron chi connectivity index (χ1n) is 5.75. The van der Waals surface area contributed by atoms with Crippen molar-refractivity contribution in [2.24, 2.45) is 0 Å². The molecule has 1 aliphatic rings. The van der Waals surface area contributed by atoms with Gasteiger partial charge in [0.2, 0.25) is 0 Å². The van der Waals surface area contributed by atoms with Crippen molar-refractivity contribution in [2.45, 2.75) is 50.8 Å². The van der Waals surface area contributed by atoms with Gasteiger partial charge in [-0.2, -0.15) is 0 Å². The second-order valence-corrected chi connectivity index (χ2v) is 4.57. The molecule has 1 aliphatic heterocycles. The fraction of sp³-hybridized carbons (Fsp3) is 1.00. The summed E-state index contributed by atoms with van der Waals surface area (Å²) in [5.74, 6) is 0. The molecule has 0 aromatic rings. The Bertz CT molecular complexity index is 185. The SMILES string of the molecule is CCC1(C)CC(NC(CO)CO)CCO1. The summed E-state index contributed by atoms with van der Waals surface area (Å²) in [6, 6.07) is 0.141. The van der Waals surface area contributed by atoms with Gasteiger partial charge in [-0.1, -0.05) is 6.92 Å². The van der Waals surface area contributed by atoms with Gasteiger partial charge >= 0.3 is 0 Å². The van der Waals surface area contributed by atoms with Crippen LogP contribution in [0.3, 0.4) is 0 Å². The second-order valence-electron chi connectivity index (χ2n) is 4.57. The molecule has 4 heteroatoms. The fourth-order valence-corrected chi connectivity index (χ4v) is 2.01. The minimum Gasteiger partial charge on any atom is -0.395 e. The van der Waals surface area contributed by atoms with Crippen molar-refractivity contribution in [1.82, 2.24) is 5.32 Å². The van der Waals surface area contributed by atoms with Crippen LogP contribution in [-0.2, 0) is 4.74 Å². The van der Waals surface area contributed by atoms with E-state index in [1.54, 1.807) is 0 Å². The van der Waals surface area contributed by atoms with Crippen LogP contribution in [-0.4, -0.2) is 47.7 Å². The van der Waals surface area contributed by atoms with Crippen LogP contribution in [0.1, 0.15) is 33.1 Å². The molecule has 0 bridgehead atoms. The summed E-state index contributed by atoms with van der Waals surface area (Å²) in [5.41, 5.74) is -0.0502. The van der Waals surface area contributed by atoms with Gasteiger partial charge in [0.1, 0.15) is 0 Å². The summed E-state index contributed by atoms with van der Waals surface area (Å²) in [5, 5.41) is 21.2. The summed E-state index contributed by atoms with van der Waals surface area (Å²) >= 11 is 0. The molecule has 0 aliphatic carbocycles. The molecular weight excluding hydrogens is 194 g/mol. The molecule has 2 atom stereocenters. The van der Waals surface area contributed by atoms with Crippen molar-refractivity contribution in [2.75, 3.05) is 19.8 Å². The van der Waals surface area contributed by atoms with Crippen molar-refractivity contribution >= 4 is 0 Å². The van der Waals surface area contributed by atoms with Gasteiger partial charge in [0.25, 0.3) is 0 Å². The minimum atomic E-state index is -0.200. The van der Waals surface area contributed by atoms with Gasteiger partial charge in [-0.3, -0.25) is 0 Å². The van der Waals surface area contributed by atoms with Crippen molar-refractivity contribution < 1.29 is 14.9 Å². The Hall–Kier alpha value is -0.160. The van der Waals surface area contributed by atoms with Crippen molar-refractivity contribution in [3.05, 3.63) is 0 Å². The lowest BCUT2D eigenvalue weighted by Gasteiger charge is -2.39. The molecule has 2 unspecified atom stereocenters. The maximum Gasteiger partial charge on any atom is 0.0666 e. The molecule has 0 radical (unpaired) electrons. The third-order valence-corrected chi connectivity index (χ3v) is 3.26. The minimum absolute atomic E-state index is 0.0172. The highest BCUT2D eigenvalue weighted by atomic mass is 16.5. The van der Waals surface area contributed by atoms with E-state index in [0.717, 1.165) is 25.9 Å². The molecule has 0 amide bonds. The van der Waals surface area contributed by atoms with Gasteiger partial charge < -0.3 is 20.3 Å². The maximum absolute atomic E-state index is 8.99. The van der Waals surface area contributed by atoms with Crippen molar-refractivity contribution in [3.8, 4) is 0 Å². The zero-order chi connectivity index (χ0) is 11.3. The summed E-state index contributed by atoms with van der Waals surface area (Å²) in [6.07, 6.45) is 2.89. The molecule has 15 heavy (non-hydrogen) atoms. The summed E-state index contributed by atoms with van der Waals surface area (Å²) in [6.45, 7) is 4.96. The largest absolute Gasteiger partial charge is 0.395 e. The Kier molecular flexibility index (Phi) is 4.99. The van der Waals surface area contributed by atoms with Gasteiger partial charge in [-0.05, 0) is 26.2 Å². The Balaban J connectivity index is 2.42. The van der Waals surface area contributed by atoms with E-state index in [1.165, 1.54) is 0 Å². The highest BCUT2D eigenvalue weighted by Gasteiger charge is 2.32. The molecule has 0 aromatic heterocycles. The second kappa shape index (κ2) is 5.80. The number of nitrogens with one attached hydrogen (secondary N) is 1. The van der Waals surface area contributed by atoms with Gasteiger partial charge in [-0.15, -0.1) is 0 Å². The number of ether oxygens (including phenoxy) is 1. The van der Waals surface area contributed by atoms with E-state index < -0.39 is 0 Å². The van der Waals surface area contributed by atoms with Gasteiger partial charge in [0, 0.05) is 12.6 Å². The molecule has 3 N–H and O–H groups in total. The maximum atomic E-state index is 8.99. The first-order valence-corrected chi connectivity index (χ1v) is 5.75. The summed E-state index contributed by atoms with van der Waals surface area (Å²) in [7, 11) is 0. The molecule has 0 aromatic carbocycles. The molecule has 4 nitrogen and oxygen atoms in total. The van der Waals surface area contributed by atoms with Crippen LogP contribution in [0.2, 0.25) is 0 Å². The number of hydrogen-bond donors (Lipinski definition) is 3. The van der Waals surface area contributed by atoms with Crippen molar-refractivity contribution in [3.63, 3.8) is 0 Å². The van der Waals surface area contributed by atoms with Crippen LogP contribution in [0.15, 0.2) is 0 Å². The van der Waals surface area contributed by atoms with Crippen LogP contribution < -0.4 is 5.32 Å². The van der Waals surface area contributed by atoms with Gasteiger partial charge in [-0.25, -0.2) is 0 Å². The average molecular weight is 217 g/mol. The lowest BCUT2D eigenvalue weighted by Crippen LogP contribution is -2.50. The normalized spacial score (nSPS) is 32.2. The van der Waals surface area contributed by atoms with E-state index in [-0.39, 0.29) is 24.9 Å². The Morgan fingerprint density at radius 3 is 2.67 bits per heavy atom. The van der Waals surface area contributed by atoms with E-state index in [1.807, 2.05) is 0 Å². The molecule has 1 heterocycles. The van der Waals surface area contributed by atoms with E-state index in [2.05, 4.69) is 19.2 Å². The van der Waals surface area contributed by atoms with Crippen LogP contribution >= 0.6 is 0 Å². The fourth-order valence-electron chi connectivity index (χ4n) is 2.01. The molecule has 0 saturated carbocycles. The molecule has 1 rings (SSSR count). The van der Waals surface area contributed by atoms with E-state index in [9.17, 15) is 0 Å². The van der Waals surface area contributed by atoms with Gasteiger partial charge in [0.15, 0.2) is 0 Å². The van der Waals surface area contributed by atoms with Crippen LogP contribution in [0, 0.1) is 0 Å². The zero-order valence-corrected chi connectivity index (χ0v) is 9.70. The topological polar surface area (TPSA) is 61.7 Å². The van der Waals surface area contributed by atoms with Crippen LogP contribution in [0.25, 0.3) is 0 Å². The lowest BCUT2D eigenvalue weighted by molar-refractivity contribution is -0.0804. The van der Waals surface area contributed by atoms with E-state index in [0.29, 0.717) is 6.04 Å². The predicted molar refractivity (Wildman–Crippen MR) is 58.8 cm³/mol.